The number of nitrogens with zero attached hydrogens (tertiary/aromatic N) is 2. The standard InChI is InChI=1S/C9H16N4O/c1-6-5-7(10)13(12-6)8(14)9(2,3)11-4/h5,11H,10H2,1-4H3. The number of hydrogen-bond acceptors (Lipinski definition) is 4. The second-order valence-electron chi connectivity index (χ2n) is 3.80. The van der Waals surface area contributed by atoms with E-state index in [9.17, 15) is 4.79 Å². The smallest absolute Gasteiger partial charge is 0.268 e. The van der Waals surface area contributed by atoms with Crippen LogP contribution in [0.25, 0.3) is 0 Å². The lowest BCUT2D eigenvalue weighted by Crippen LogP contribution is -2.47. The average Bonchev–Trinajstić information content (AvgIpc) is 2.44. The quantitative estimate of drug-likeness (QED) is 0.718. The minimum Gasteiger partial charge on any atom is -0.383 e. The lowest BCUT2D eigenvalue weighted by atomic mass is 10.1. The lowest BCUT2D eigenvalue weighted by Gasteiger charge is -2.21. The van der Waals surface area contributed by atoms with Crippen LogP contribution in [0, 0.1) is 6.92 Å². The maximum Gasteiger partial charge on any atom is 0.268 e. The van der Waals surface area contributed by atoms with Gasteiger partial charge in [-0.2, -0.15) is 9.78 Å². The molecule has 5 heteroatoms. The predicted molar refractivity (Wildman–Crippen MR) is 55.1 cm³/mol. The van der Waals surface area contributed by atoms with Crippen molar-refractivity contribution in [1.29, 1.82) is 0 Å². The van der Waals surface area contributed by atoms with Crippen molar-refractivity contribution in [3.05, 3.63) is 11.8 Å². The Kier molecular flexibility index (Phi) is 2.62. The SMILES string of the molecule is CNC(C)(C)C(=O)n1nc(C)cc1N. The fourth-order valence-electron chi connectivity index (χ4n) is 1.05. The fourth-order valence-corrected chi connectivity index (χ4v) is 1.05. The number of nitrogen functional groups attached to an aromatic ring is 1. The van der Waals surface area contributed by atoms with Crippen LogP contribution in [-0.2, 0) is 0 Å². The van der Waals surface area contributed by atoms with Gasteiger partial charge >= 0.3 is 0 Å². The highest BCUT2D eigenvalue weighted by atomic mass is 16.2. The van der Waals surface area contributed by atoms with Crippen LogP contribution >= 0.6 is 0 Å². The molecular weight excluding hydrogens is 180 g/mol. The first-order chi connectivity index (χ1) is 6.38. The minimum absolute atomic E-state index is 0.161. The van der Waals surface area contributed by atoms with Gasteiger partial charge in [0.15, 0.2) is 0 Å². The van der Waals surface area contributed by atoms with E-state index in [0.29, 0.717) is 5.82 Å². The number of carbonyl (C=O) groups is 1. The van der Waals surface area contributed by atoms with Gasteiger partial charge in [-0.3, -0.25) is 4.79 Å². The van der Waals surface area contributed by atoms with Crippen molar-refractivity contribution in [2.75, 3.05) is 12.8 Å². The number of likely N-dealkylation sites (N-methyl/N-ethyl adjacent to an activating group) is 1. The first-order valence-corrected chi connectivity index (χ1v) is 4.44. The summed E-state index contributed by atoms with van der Waals surface area (Å²) in [5.74, 6) is 0.210. The molecule has 0 saturated heterocycles. The largest absolute Gasteiger partial charge is 0.383 e. The van der Waals surface area contributed by atoms with Gasteiger partial charge in [-0.25, -0.2) is 0 Å². The number of aryl methyl sites for hydroxylation is 1. The molecule has 0 bridgehead atoms. The Hall–Kier alpha value is -1.36. The zero-order valence-electron chi connectivity index (χ0n) is 8.96. The van der Waals surface area contributed by atoms with Gasteiger partial charge in [-0.05, 0) is 27.8 Å². The molecule has 5 nitrogen and oxygen atoms in total. The Morgan fingerprint density at radius 3 is 2.57 bits per heavy atom. The summed E-state index contributed by atoms with van der Waals surface area (Å²) in [7, 11) is 1.73. The molecular formula is C9H16N4O. The van der Waals surface area contributed by atoms with E-state index in [1.807, 2.05) is 0 Å². The molecule has 0 aliphatic rings. The van der Waals surface area contributed by atoms with Crippen molar-refractivity contribution in [2.24, 2.45) is 0 Å². The van der Waals surface area contributed by atoms with E-state index in [2.05, 4.69) is 10.4 Å². The molecule has 0 saturated carbocycles. The van der Waals surface area contributed by atoms with Gasteiger partial charge in [0.05, 0.1) is 11.2 Å². The van der Waals surface area contributed by atoms with E-state index >= 15 is 0 Å². The van der Waals surface area contributed by atoms with Crippen LogP contribution in [0.2, 0.25) is 0 Å². The molecule has 0 fully saturated rings. The van der Waals surface area contributed by atoms with Crippen LogP contribution < -0.4 is 11.1 Å². The maximum atomic E-state index is 11.9. The molecule has 3 N–H and O–H groups in total. The third-order valence-electron chi connectivity index (χ3n) is 2.21. The van der Waals surface area contributed by atoms with Gasteiger partial charge in [0.2, 0.25) is 0 Å². The number of nitrogens with one attached hydrogen (secondary N) is 1. The van der Waals surface area contributed by atoms with Gasteiger partial charge in [0, 0.05) is 6.07 Å². The highest BCUT2D eigenvalue weighted by molar-refractivity contribution is 5.89. The summed E-state index contributed by atoms with van der Waals surface area (Å²) in [4.78, 5) is 11.9. The molecule has 0 atom stereocenters. The van der Waals surface area contributed by atoms with Crippen LogP contribution in [0.15, 0.2) is 6.07 Å². The number of carbonyl (C=O) groups excluding carboxylic acids is 1. The molecule has 0 unspecified atom stereocenters. The van der Waals surface area contributed by atoms with Crippen molar-refractivity contribution in [3.8, 4) is 0 Å². The molecule has 0 aromatic carbocycles. The molecule has 1 aromatic heterocycles. The molecule has 0 amide bonds. The van der Waals surface area contributed by atoms with E-state index in [4.69, 9.17) is 5.73 Å². The van der Waals surface area contributed by atoms with Crippen molar-refractivity contribution in [3.63, 3.8) is 0 Å². The monoisotopic (exact) mass is 196 g/mol. The number of rotatable bonds is 2. The molecule has 1 aromatic rings. The van der Waals surface area contributed by atoms with E-state index in [0.717, 1.165) is 5.69 Å². The third kappa shape index (κ3) is 1.77. The molecule has 0 spiro atoms. The van der Waals surface area contributed by atoms with Gasteiger partial charge < -0.3 is 11.1 Å². The van der Waals surface area contributed by atoms with E-state index in [1.165, 1.54) is 4.68 Å². The zero-order chi connectivity index (χ0) is 10.9. The Morgan fingerprint density at radius 1 is 1.64 bits per heavy atom. The number of nitrogens with two attached hydrogens (primary N) is 1. The third-order valence-corrected chi connectivity index (χ3v) is 2.21. The number of hydrogen-bond donors (Lipinski definition) is 2. The number of anilines is 1. The zero-order valence-corrected chi connectivity index (χ0v) is 8.96. The maximum absolute atomic E-state index is 11.9. The Bertz CT molecular complexity index is 354. The molecule has 0 aliphatic carbocycles. The summed E-state index contributed by atoms with van der Waals surface area (Å²) in [5.41, 5.74) is 5.72. The second-order valence-corrected chi connectivity index (χ2v) is 3.80. The second kappa shape index (κ2) is 3.42. The van der Waals surface area contributed by atoms with Crippen LogP contribution in [0.1, 0.15) is 24.3 Å². The van der Waals surface area contributed by atoms with Gasteiger partial charge in [0.25, 0.3) is 5.91 Å². The Morgan fingerprint density at radius 2 is 2.21 bits per heavy atom. The van der Waals surface area contributed by atoms with Crippen LogP contribution in [0.4, 0.5) is 5.82 Å². The molecule has 1 rings (SSSR count). The summed E-state index contributed by atoms with van der Waals surface area (Å²) >= 11 is 0. The lowest BCUT2D eigenvalue weighted by molar-refractivity contribution is 0.0787. The molecule has 0 aliphatic heterocycles. The summed E-state index contributed by atoms with van der Waals surface area (Å²) in [6, 6.07) is 1.67. The summed E-state index contributed by atoms with van der Waals surface area (Å²) in [6.07, 6.45) is 0. The molecule has 78 valence electrons. The summed E-state index contributed by atoms with van der Waals surface area (Å²) in [5, 5.41) is 6.94. The van der Waals surface area contributed by atoms with Gasteiger partial charge in [0.1, 0.15) is 5.82 Å². The normalized spacial score (nSPS) is 11.7. The topological polar surface area (TPSA) is 72.9 Å². The van der Waals surface area contributed by atoms with Crippen LogP contribution in [0.3, 0.4) is 0 Å². The van der Waals surface area contributed by atoms with Crippen molar-refractivity contribution < 1.29 is 4.79 Å². The Balaban J connectivity index is 3.06. The van der Waals surface area contributed by atoms with Gasteiger partial charge in [-0.1, -0.05) is 0 Å². The Labute approximate surface area is 83.3 Å². The predicted octanol–water partition coefficient (Wildman–Crippen LogP) is 0.412. The van der Waals surface area contributed by atoms with E-state index in [1.54, 1.807) is 33.9 Å². The van der Waals surface area contributed by atoms with E-state index in [-0.39, 0.29) is 5.91 Å². The van der Waals surface area contributed by atoms with Crippen molar-refractivity contribution in [1.82, 2.24) is 15.1 Å². The summed E-state index contributed by atoms with van der Waals surface area (Å²) < 4.78 is 1.23. The van der Waals surface area contributed by atoms with Crippen molar-refractivity contribution in [2.45, 2.75) is 26.3 Å². The van der Waals surface area contributed by atoms with Gasteiger partial charge in [-0.15, -0.1) is 0 Å². The van der Waals surface area contributed by atoms with Crippen LogP contribution in [-0.4, -0.2) is 28.3 Å². The first kappa shape index (κ1) is 10.7. The number of aromatic nitrogens is 2. The highest BCUT2D eigenvalue weighted by Crippen LogP contribution is 2.11. The van der Waals surface area contributed by atoms with Crippen LogP contribution in [0.5, 0.6) is 0 Å². The molecule has 1 heterocycles. The van der Waals surface area contributed by atoms with E-state index < -0.39 is 5.54 Å². The highest BCUT2D eigenvalue weighted by Gasteiger charge is 2.28. The summed E-state index contributed by atoms with van der Waals surface area (Å²) in [6.45, 7) is 5.37. The van der Waals surface area contributed by atoms with Crippen molar-refractivity contribution >= 4 is 11.7 Å². The minimum atomic E-state index is -0.660. The first-order valence-electron chi connectivity index (χ1n) is 4.44. The fraction of sp³-hybridized carbons (Fsp3) is 0.556. The average molecular weight is 196 g/mol. The molecule has 0 radical (unpaired) electrons. The molecule has 14 heavy (non-hydrogen) atoms.